The van der Waals surface area contributed by atoms with E-state index in [1.165, 1.54) is 70.6 Å². The van der Waals surface area contributed by atoms with Crippen LogP contribution in [0.1, 0.15) is 115 Å². The van der Waals surface area contributed by atoms with Gasteiger partial charge in [-0.1, -0.05) is 115 Å². The predicted octanol–water partition coefficient (Wildman–Crippen LogP) is 5.33. The molecule has 0 aliphatic carbocycles. The van der Waals surface area contributed by atoms with Crippen LogP contribution in [0, 0.1) is 0 Å². The van der Waals surface area contributed by atoms with Crippen molar-refractivity contribution in [2.75, 3.05) is 0 Å². The topological polar surface area (TPSA) is 57.2 Å². The molecule has 0 aliphatic heterocycles. The summed E-state index contributed by atoms with van der Waals surface area (Å²) in [5.74, 6) is 0. The van der Waals surface area contributed by atoms with Gasteiger partial charge in [0.1, 0.15) is 10.1 Å². The molecule has 0 saturated heterocycles. The summed E-state index contributed by atoms with van der Waals surface area (Å²) in [5, 5.41) is 1.45. The first kappa shape index (κ1) is 31.3. The number of hydrogen-bond donors (Lipinski definition) is 0. The van der Waals surface area contributed by atoms with E-state index in [0.29, 0.717) is 17.4 Å². The van der Waals surface area contributed by atoms with Crippen LogP contribution in [0.25, 0.3) is 10.8 Å². The van der Waals surface area contributed by atoms with Crippen LogP contribution in [0.4, 0.5) is 0 Å². The average Bonchev–Trinajstić information content (AvgIpc) is 2.76. The Morgan fingerprint density at radius 2 is 1.15 bits per heavy atom. The van der Waals surface area contributed by atoms with Crippen LogP contribution in [-0.4, -0.2) is 13.0 Å². The third-order valence-electron chi connectivity index (χ3n) is 6.49. The minimum Gasteiger partial charge on any atom is -0.744 e. The Morgan fingerprint density at radius 3 is 1.70 bits per heavy atom. The van der Waals surface area contributed by atoms with Gasteiger partial charge in [0.15, 0.2) is 0 Å². The molecule has 3 nitrogen and oxygen atoms in total. The predicted molar refractivity (Wildman–Crippen MR) is 135 cm³/mol. The molecule has 2 rings (SSSR count). The Hall–Kier alpha value is 0.246. The minimum atomic E-state index is -4.52. The standard InChI is InChI=1S/C28H44O3S.K/c1-3-5-7-9-11-13-15-17-24-19-20-25-21-22-26(18-16-14-12-10-8-6-4-2)28(27(25)23-24)32(29,30)31;/h19-23H,3-18H2,1-2H3,(H,29,30,31);/q;+1/p-1. The summed E-state index contributed by atoms with van der Waals surface area (Å²) in [4.78, 5) is 0.0161. The summed E-state index contributed by atoms with van der Waals surface area (Å²) >= 11 is 0. The number of fused-ring (bicyclic) bond motifs is 1. The Kier molecular flexibility index (Phi) is 16.7. The van der Waals surface area contributed by atoms with E-state index in [1.54, 1.807) is 0 Å². The SMILES string of the molecule is CCCCCCCCCc1ccc2ccc(CCCCCCCCC)c(S(=O)(=O)[O-])c2c1.[K+]. The van der Waals surface area contributed by atoms with Crippen LogP contribution in [-0.2, 0) is 23.0 Å². The first-order chi connectivity index (χ1) is 15.5. The number of benzene rings is 2. The van der Waals surface area contributed by atoms with Gasteiger partial charge in [-0.15, -0.1) is 0 Å². The zero-order valence-electron chi connectivity index (χ0n) is 21.3. The molecule has 2 aromatic carbocycles. The molecule has 0 aliphatic rings. The number of hydrogen-bond acceptors (Lipinski definition) is 3. The van der Waals surface area contributed by atoms with Gasteiger partial charge in [0.2, 0.25) is 0 Å². The van der Waals surface area contributed by atoms with Gasteiger partial charge in [0.05, 0.1) is 4.90 Å². The molecule has 0 spiro atoms. The first-order valence-electron chi connectivity index (χ1n) is 13.0. The van der Waals surface area contributed by atoms with Gasteiger partial charge in [-0.05, 0) is 53.6 Å². The maximum absolute atomic E-state index is 12.2. The minimum absolute atomic E-state index is 0. The van der Waals surface area contributed by atoms with Crippen LogP contribution in [0.2, 0.25) is 0 Å². The second-order valence-electron chi connectivity index (χ2n) is 9.31. The van der Waals surface area contributed by atoms with Crippen molar-refractivity contribution in [3.8, 4) is 0 Å². The van der Waals surface area contributed by atoms with Gasteiger partial charge in [0, 0.05) is 0 Å². The molecule has 33 heavy (non-hydrogen) atoms. The van der Waals surface area contributed by atoms with Crippen LogP contribution < -0.4 is 51.4 Å². The molecule has 180 valence electrons. The molecule has 2 aromatic rings. The molecule has 0 aromatic heterocycles. The summed E-state index contributed by atoms with van der Waals surface area (Å²) in [5.41, 5.74) is 1.82. The van der Waals surface area contributed by atoms with E-state index in [-0.39, 0.29) is 56.3 Å². The number of rotatable bonds is 17. The average molecular weight is 499 g/mol. The smallest absolute Gasteiger partial charge is 0.744 e. The van der Waals surface area contributed by atoms with Crippen molar-refractivity contribution >= 4 is 20.9 Å². The maximum Gasteiger partial charge on any atom is 1.00 e. The van der Waals surface area contributed by atoms with Gasteiger partial charge in [-0.3, -0.25) is 0 Å². The fraction of sp³-hybridized carbons (Fsp3) is 0.643. The third-order valence-corrected chi connectivity index (χ3v) is 7.47. The Morgan fingerprint density at radius 1 is 0.667 bits per heavy atom. The van der Waals surface area contributed by atoms with Crippen molar-refractivity contribution in [2.24, 2.45) is 0 Å². The number of aryl methyl sites for hydroxylation is 2. The fourth-order valence-corrected chi connectivity index (χ4v) is 5.53. The molecule has 0 N–H and O–H groups in total. The molecule has 0 atom stereocenters. The van der Waals surface area contributed by atoms with Crippen molar-refractivity contribution in [3.63, 3.8) is 0 Å². The van der Waals surface area contributed by atoms with Gasteiger partial charge in [0.25, 0.3) is 0 Å². The first-order valence-corrected chi connectivity index (χ1v) is 14.4. The second-order valence-corrected chi connectivity index (χ2v) is 10.6. The molecule has 0 radical (unpaired) electrons. The van der Waals surface area contributed by atoms with Crippen molar-refractivity contribution in [1.82, 2.24) is 0 Å². The molecule has 0 fully saturated rings. The zero-order valence-corrected chi connectivity index (χ0v) is 25.3. The van der Waals surface area contributed by atoms with Crippen molar-refractivity contribution in [3.05, 3.63) is 41.5 Å². The monoisotopic (exact) mass is 498 g/mol. The van der Waals surface area contributed by atoms with Crippen LogP contribution in [0.3, 0.4) is 0 Å². The van der Waals surface area contributed by atoms with E-state index in [2.05, 4.69) is 19.9 Å². The van der Waals surface area contributed by atoms with Crippen molar-refractivity contribution in [1.29, 1.82) is 0 Å². The summed E-state index contributed by atoms with van der Waals surface area (Å²) in [6.45, 7) is 4.45. The fourth-order valence-electron chi connectivity index (χ4n) is 4.59. The maximum atomic E-state index is 12.2. The quantitative estimate of drug-likeness (QED) is 0.168. The summed E-state index contributed by atoms with van der Waals surface area (Å²) in [7, 11) is -4.52. The second kappa shape index (κ2) is 17.6. The largest absolute Gasteiger partial charge is 1.00 e. The van der Waals surface area contributed by atoms with E-state index >= 15 is 0 Å². The molecule has 0 saturated carbocycles. The molecule has 0 amide bonds. The van der Waals surface area contributed by atoms with E-state index < -0.39 is 10.1 Å². The van der Waals surface area contributed by atoms with Crippen molar-refractivity contribution in [2.45, 2.75) is 121 Å². The van der Waals surface area contributed by atoms with Gasteiger partial charge >= 0.3 is 51.4 Å². The van der Waals surface area contributed by atoms with Crippen LogP contribution in [0.15, 0.2) is 35.2 Å². The Bertz CT molecular complexity index is 903. The number of unbranched alkanes of at least 4 members (excludes halogenated alkanes) is 12. The zero-order chi connectivity index (χ0) is 23.2. The summed E-state index contributed by atoms with van der Waals surface area (Å²) in [6.07, 6.45) is 18.6. The summed E-state index contributed by atoms with van der Waals surface area (Å²) < 4.78 is 36.6. The molecule has 5 heteroatoms. The van der Waals surface area contributed by atoms with Gasteiger partial charge in [-0.2, -0.15) is 0 Å². The normalized spacial score (nSPS) is 11.6. The third kappa shape index (κ3) is 11.7. The summed E-state index contributed by atoms with van der Waals surface area (Å²) in [6, 6.07) is 9.82. The van der Waals surface area contributed by atoms with Crippen LogP contribution in [0.5, 0.6) is 0 Å². The van der Waals surface area contributed by atoms with E-state index in [0.717, 1.165) is 36.6 Å². The van der Waals surface area contributed by atoms with E-state index in [9.17, 15) is 13.0 Å². The Balaban J connectivity index is 0.00000544. The molecular formula is C28H43KO3S. The van der Waals surface area contributed by atoms with Gasteiger partial charge < -0.3 is 4.55 Å². The van der Waals surface area contributed by atoms with Crippen LogP contribution >= 0.6 is 0 Å². The van der Waals surface area contributed by atoms with E-state index in [4.69, 9.17) is 0 Å². The van der Waals surface area contributed by atoms with E-state index in [1.807, 2.05) is 24.3 Å². The molecule has 0 unspecified atom stereocenters. The molecule has 0 heterocycles. The Labute approximate surface area is 245 Å². The molecule has 0 bridgehead atoms. The van der Waals surface area contributed by atoms with Gasteiger partial charge in [-0.25, -0.2) is 8.42 Å². The van der Waals surface area contributed by atoms with Crippen molar-refractivity contribution < 1.29 is 64.4 Å². The molecular weight excluding hydrogens is 455 g/mol.